The molecule has 0 heterocycles. The number of carbonyl (C=O) groups is 1. The van der Waals surface area contributed by atoms with Crippen LogP contribution in [0.3, 0.4) is 0 Å². The number of hydrogen-bond acceptors (Lipinski definition) is 2. The van der Waals surface area contributed by atoms with Gasteiger partial charge in [0.25, 0.3) is 0 Å². The maximum atomic E-state index is 12.6. The van der Waals surface area contributed by atoms with Crippen LogP contribution >= 0.6 is 0 Å². The summed E-state index contributed by atoms with van der Waals surface area (Å²) in [6.07, 6.45) is -2.95. The molecular weight excluding hydrogens is 255 g/mol. The van der Waals surface area contributed by atoms with Gasteiger partial charge in [-0.2, -0.15) is 18.4 Å². The van der Waals surface area contributed by atoms with Gasteiger partial charge in [-0.05, 0) is 30.9 Å². The number of nitriles is 1. The quantitative estimate of drug-likeness (QED) is 0.822. The first-order valence-electron chi connectivity index (χ1n) is 5.98. The lowest BCUT2D eigenvalue weighted by atomic mass is 9.80. The third kappa shape index (κ3) is 2.62. The first-order chi connectivity index (χ1) is 8.87. The predicted molar refractivity (Wildman–Crippen MR) is 62.1 cm³/mol. The second-order valence-corrected chi connectivity index (χ2v) is 4.85. The molecule has 19 heavy (non-hydrogen) atoms. The topological polar surface area (TPSA) is 40.9 Å². The molecule has 1 aliphatic rings. The second-order valence-electron chi connectivity index (χ2n) is 4.85. The molecule has 2 rings (SSSR count). The zero-order chi connectivity index (χ0) is 14.1. The molecule has 5 heteroatoms. The van der Waals surface area contributed by atoms with Crippen LogP contribution in [0, 0.1) is 16.7 Å². The van der Waals surface area contributed by atoms with Gasteiger partial charge in [0, 0.05) is 6.42 Å². The summed E-state index contributed by atoms with van der Waals surface area (Å²) in [7, 11) is 0. The Labute approximate surface area is 108 Å². The molecule has 1 aliphatic carbocycles. The minimum Gasteiger partial charge on any atom is -0.298 e. The molecule has 0 aliphatic heterocycles. The van der Waals surface area contributed by atoms with E-state index in [-0.39, 0.29) is 12.2 Å². The summed E-state index contributed by atoms with van der Waals surface area (Å²) in [4.78, 5) is 11.8. The van der Waals surface area contributed by atoms with E-state index in [0.29, 0.717) is 24.8 Å². The van der Waals surface area contributed by atoms with E-state index in [0.717, 1.165) is 12.1 Å². The molecule has 100 valence electrons. The maximum Gasteiger partial charge on any atom is 0.416 e. The number of nitrogens with zero attached hydrogens (tertiary/aromatic N) is 1. The number of Topliss-reactive ketones (excluding diaryl/α,β-unsaturated/α-hetero) is 1. The Hall–Kier alpha value is -1.83. The molecule has 1 aromatic carbocycles. The minimum atomic E-state index is -4.41. The van der Waals surface area contributed by atoms with E-state index >= 15 is 0 Å². The lowest BCUT2D eigenvalue weighted by Gasteiger charge is -2.19. The number of rotatable bonds is 2. The Bertz CT molecular complexity index is 544. The van der Waals surface area contributed by atoms with Gasteiger partial charge in [0.2, 0.25) is 0 Å². The number of carbonyl (C=O) groups excluding carboxylic acids is 1. The summed E-state index contributed by atoms with van der Waals surface area (Å²) in [6, 6.07) is 6.84. The SMILES string of the molecule is N#CC1(Cc2cccc(C(F)(F)F)c2)CCCC1=O. The highest BCUT2D eigenvalue weighted by atomic mass is 19.4. The van der Waals surface area contributed by atoms with E-state index in [1.54, 1.807) is 0 Å². The Kier molecular flexibility index (Phi) is 3.36. The van der Waals surface area contributed by atoms with Crippen LogP contribution in [0.25, 0.3) is 0 Å². The van der Waals surface area contributed by atoms with Gasteiger partial charge in [-0.15, -0.1) is 0 Å². The number of halogens is 3. The Morgan fingerprint density at radius 2 is 2.11 bits per heavy atom. The van der Waals surface area contributed by atoms with Gasteiger partial charge in [-0.3, -0.25) is 4.79 Å². The second kappa shape index (κ2) is 4.69. The van der Waals surface area contributed by atoms with Gasteiger partial charge in [-0.25, -0.2) is 0 Å². The summed E-state index contributed by atoms with van der Waals surface area (Å²) in [5.41, 5.74) is -1.50. The van der Waals surface area contributed by atoms with Crippen LogP contribution in [0.15, 0.2) is 24.3 Å². The predicted octanol–water partition coefficient (Wildman–Crippen LogP) is 3.51. The number of ketones is 1. The molecule has 0 amide bonds. The molecule has 0 aromatic heterocycles. The number of benzene rings is 1. The van der Waals surface area contributed by atoms with Crippen LogP contribution in [0.4, 0.5) is 13.2 Å². The van der Waals surface area contributed by atoms with Crippen molar-refractivity contribution < 1.29 is 18.0 Å². The van der Waals surface area contributed by atoms with Crippen LogP contribution in [-0.2, 0) is 17.4 Å². The van der Waals surface area contributed by atoms with Crippen molar-refractivity contribution >= 4 is 5.78 Å². The van der Waals surface area contributed by atoms with Crippen molar-refractivity contribution in [2.75, 3.05) is 0 Å². The lowest BCUT2D eigenvalue weighted by molar-refractivity contribution is -0.137. The number of alkyl halides is 3. The van der Waals surface area contributed by atoms with Gasteiger partial charge >= 0.3 is 6.18 Å². The van der Waals surface area contributed by atoms with Gasteiger partial charge in [0.05, 0.1) is 11.6 Å². The van der Waals surface area contributed by atoms with Crippen molar-refractivity contribution in [2.45, 2.75) is 31.9 Å². The number of hydrogen-bond donors (Lipinski definition) is 0. The molecule has 1 saturated carbocycles. The largest absolute Gasteiger partial charge is 0.416 e. The normalized spacial score (nSPS) is 23.4. The van der Waals surface area contributed by atoms with Crippen molar-refractivity contribution in [1.82, 2.24) is 0 Å². The molecule has 0 radical (unpaired) electrons. The van der Waals surface area contributed by atoms with Crippen LogP contribution in [-0.4, -0.2) is 5.78 Å². The maximum absolute atomic E-state index is 12.6. The van der Waals surface area contributed by atoms with Gasteiger partial charge in [0.15, 0.2) is 5.78 Å². The summed E-state index contributed by atoms with van der Waals surface area (Å²) >= 11 is 0. The molecule has 0 N–H and O–H groups in total. The fourth-order valence-corrected chi connectivity index (χ4v) is 2.48. The molecule has 1 unspecified atom stereocenters. The smallest absolute Gasteiger partial charge is 0.298 e. The first-order valence-corrected chi connectivity index (χ1v) is 5.98. The minimum absolute atomic E-state index is 0.0618. The van der Waals surface area contributed by atoms with E-state index in [1.165, 1.54) is 12.1 Å². The summed E-state index contributed by atoms with van der Waals surface area (Å²) in [5, 5.41) is 9.18. The third-order valence-electron chi connectivity index (χ3n) is 3.52. The van der Waals surface area contributed by atoms with Crippen molar-refractivity contribution in [2.24, 2.45) is 5.41 Å². The van der Waals surface area contributed by atoms with E-state index in [9.17, 15) is 23.2 Å². The molecule has 1 atom stereocenters. The van der Waals surface area contributed by atoms with E-state index in [4.69, 9.17) is 0 Å². The average Bonchev–Trinajstić information content (AvgIpc) is 2.71. The lowest BCUT2D eigenvalue weighted by Crippen LogP contribution is -2.26. The van der Waals surface area contributed by atoms with Crippen LogP contribution in [0.5, 0.6) is 0 Å². The summed E-state index contributed by atoms with van der Waals surface area (Å²) < 4.78 is 37.8. The van der Waals surface area contributed by atoms with Crippen molar-refractivity contribution in [3.8, 4) is 6.07 Å². The Balaban J connectivity index is 2.29. The average molecular weight is 267 g/mol. The van der Waals surface area contributed by atoms with E-state index in [1.807, 2.05) is 6.07 Å². The van der Waals surface area contributed by atoms with Crippen molar-refractivity contribution in [1.29, 1.82) is 5.26 Å². The molecule has 0 saturated heterocycles. The van der Waals surface area contributed by atoms with Crippen LogP contribution < -0.4 is 0 Å². The highest BCUT2D eigenvalue weighted by Crippen LogP contribution is 2.38. The molecule has 0 spiro atoms. The molecular formula is C14H12F3NO. The fourth-order valence-electron chi connectivity index (χ4n) is 2.48. The monoisotopic (exact) mass is 267 g/mol. The summed E-state index contributed by atoms with van der Waals surface area (Å²) in [6.45, 7) is 0. The van der Waals surface area contributed by atoms with Crippen molar-refractivity contribution in [3.63, 3.8) is 0 Å². The highest BCUT2D eigenvalue weighted by molar-refractivity contribution is 5.89. The standard InChI is InChI=1S/C14H12F3NO/c15-14(16,17)11-4-1-3-10(7-11)8-13(9-18)6-2-5-12(13)19/h1,3-4,7H,2,5-6,8H2. The highest BCUT2D eigenvalue weighted by Gasteiger charge is 2.42. The van der Waals surface area contributed by atoms with Gasteiger partial charge in [-0.1, -0.05) is 18.2 Å². The Morgan fingerprint density at radius 1 is 1.37 bits per heavy atom. The molecule has 0 bridgehead atoms. The zero-order valence-electron chi connectivity index (χ0n) is 10.1. The molecule has 2 nitrogen and oxygen atoms in total. The first kappa shape index (κ1) is 13.6. The van der Waals surface area contributed by atoms with Gasteiger partial charge < -0.3 is 0 Å². The summed E-state index contributed by atoms with van der Waals surface area (Å²) in [5.74, 6) is -0.160. The third-order valence-corrected chi connectivity index (χ3v) is 3.52. The fraction of sp³-hybridized carbons (Fsp3) is 0.429. The zero-order valence-corrected chi connectivity index (χ0v) is 10.1. The molecule has 1 fully saturated rings. The van der Waals surface area contributed by atoms with E-state index < -0.39 is 17.2 Å². The van der Waals surface area contributed by atoms with Crippen molar-refractivity contribution in [3.05, 3.63) is 35.4 Å². The van der Waals surface area contributed by atoms with E-state index in [2.05, 4.69) is 0 Å². The van der Waals surface area contributed by atoms with Crippen LogP contribution in [0.2, 0.25) is 0 Å². The molecule has 1 aromatic rings. The van der Waals surface area contributed by atoms with Gasteiger partial charge in [0.1, 0.15) is 5.41 Å². The van der Waals surface area contributed by atoms with Crippen LogP contribution in [0.1, 0.15) is 30.4 Å². The Morgan fingerprint density at radius 3 is 2.63 bits per heavy atom.